The maximum atomic E-state index is 10.9. The van der Waals surface area contributed by atoms with Gasteiger partial charge in [0.25, 0.3) is 0 Å². The summed E-state index contributed by atoms with van der Waals surface area (Å²) < 4.78 is 7.46. The highest BCUT2D eigenvalue weighted by Crippen LogP contribution is 2.18. The molecule has 0 bridgehead atoms. The smallest absolute Gasteiger partial charge is 0.153 e. The van der Waals surface area contributed by atoms with E-state index in [2.05, 4.69) is 5.10 Å². The maximum Gasteiger partial charge on any atom is 0.153 e. The molecule has 0 saturated carbocycles. The number of aldehydes is 1. The van der Waals surface area contributed by atoms with Crippen LogP contribution in [0.25, 0.3) is 0 Å². The maximum absolute atomic E-state index is 10.9. The standard InChI is InChI=1S/C14H16N2O2/c1-11-3-4-14(12(9-11)10-17)18-8-6-13-5-7-15-16(13)2/h3-5,7,9-10H,6,8H2,1-2H3. The Bertz CT molecular complexity index is 546. The molecule has 0 saturated heterocycles. The molecule has 4 heteroatoms. The number of benzene rings is 1. The summed E-state index contributed by atoms with van der Waals surface area (Å²) in [6.45, 7) is 2.48. The van der Waals surface area contributed by atoms with Crippen molar-refractivity contribution in [3.8, 4) is 5.75 Å². The molecule has 1 aromatic heterocycles. The number of ether oxygens (including phenoxy) is 1. The van der Waals surface area contributed by atoms with Gasteiger partial charge in [0, 0.05) is 25.4 Å². The lowest BCUT2D eigenvalue weighted by Crippen LogP contribution is -2.07. The summed E-state index contributed by atoms with van der Waals surface area (Å²) in [5.41, 5.74) is 2.76. The molecule has 0 unspecified atom stereocenters. The van der Waals surface area contributed by atoms with Gasteiger partial charge in [0.05, 0.1) is 12.2 Å². The summed E-state index contributed by atoms with van der Waals surface area (Å²) >= 11 is 0. The van der Waals surface area contributed by atoms with Crippen molar-refractivity contribution in [2.75, 3.05) is 6.61 Å². The highest BCUT2D eigenvalue weighted by Gasteiger charge is 2.04. The van der Waals surface area contributed by atoms with Gasteiger partial charge in [0.2, 0.25) is 0 Å². The van der Waals surface area contributed by atoms with Gasteiger partial charge >= 0.3 is 0 Å². The molecular formula is C14H16N2O2. The molecule has 18 heavy (non-hydrogen) atoms. The van der Waals surface area contributed by atoms with E-state index in [0.29, 0.717) is 17.9 Å². The van der Waals surface area contributed by atoms with Gasteiger partial charge in [-0.3, -0.25) is 9.48 Å². The fourth-order valence-corrected chi connectivity index (χ4v) is 1.80. The van der Waals surface area contributed by atoms with E-state index < -0.39 is 0 Å². The minimum Gasteiger partial charge on any atom is -0.492 e. The molecule has 0 atom stereocenters. The minimum absolute atomic E-state index is 0.531. The third-order valence-electron chi connectivity index (χ3n) is 2.83. The van der Waals surface area contributed by atoms with Crippen LogP contribution in [-0.2, 0) is 13.5 Å². The lowest BCUT2D eigenvalue weighted by molar-refractivity contribution is 0.111. The van der Waals surface area contributed by atoms with Crippen molar-refractivity contribution >= 4 is 6.29 Å². The minimum atomic E-state index is 0.531. The van der Waals surface area contributed by atoms with Gasteiger partial charge in [-0.2, -0.15) is 5.10 Å². The van der Waals surface area contributed by atoms with E-state index in [4.69, 9.17) is 4.74 Å². The molecule has 0 spiro atoms. The Kier molecular flexibility index (Phi) is 3.77. The van der Waals surface area contributed by atoms with Crippen molar-refractivity contribution in [3.05, 3.63) is 47.3 Å². The van der Waals surface area contributed by atoms with Crippen LogP contribution >= 0.6 is 0 Å². The van der Waals surface area contributed by atoms with Crippen molar-refractivity contribution in [3.63, 3.8) is 0 Å². The number of carbonyl (C=O) groups is 1. The predicted molar refractivity (Wildman–Crippen MR) is 69.0 cm³/mol. The first-order valence-electron chi connectivity index (χ1n) is 5.86. The van der Waals surface area contributed by atoms with E-state index in [9.17, 15) is 4.79 Å². The molecule has 94 valence electrons. The van der Waals surface area contributed by atoms with Crippen LogP contribution in [0.3, 0.4) is 0 Å². The van der Waals surface area contributed by atoms with Gasteiger partial charge in [-0.25, -0.2) is 0 Å². The molecule has 2 aromatic rings. The Balaban J connectivity index is 1.98. The second-order valence-corrected chi connectivity index (χ2v) is 4.20. The number of aromatic nitrogens is 2. The Hall–Kier alpha value is -2.10. The highest BCUT2D eigenvalue weighted by atomic mass is 16.5. The zero-order chi connectivity index (χ0) is 13.0. The molecule has 0 aliphatic carbocycles. The first-order valence-corrected chi connectivity index (χ1v) is 5.86. The summed E-state index contributed by atoms with van der Waals surface area (Å²) in [6.07, 6.45) is 3.35. The van der Waals surface area contributed by atoms with Crippen LogP contribution in [0.5, 0.6) is 5.75 Å². The molecule has 0 fully saturated rings. The lowest BCUT2D eigenvalue weighted by atomic mass is 10.1. The number of hydrogen-bond acceptors (Lipinski definition) is 3. The molecular weight excluding hydrogens is 228 g/mol. The van der Waals surface area contributed by atoms with Crippen LogP contribution in [0.15, 0.2) is 30.5 Å². The second-order valence-electron chi connectivity index (χ2n) is 4.20. The van der Waals surface area contributed by atoms with E-state index in [1.165, 1.54) is 0 Å². The molecule has 0 radical (unpaired) electrons. The number of rotatable bonds is 5. The molecule has 1 aromatic carbocycles. The molecule has 0 aliphatic heterocycles. The van der Waals surface area contributed by atoms with Crippen LogP contribution in [0.2, 0.25) is 0 Å². The van der Waals surface area contributed by atoms with Crippen LogP contribution in [0, 0.1) is 6.92 Å². The predicted octanol–water partition coefficient (Wildman–Crippen LogP) is 2.16. The normalized spacial score (nSPS) is 10.3. The zero-order valence-corrected chi connectivity index (χ0v) is 10.6. The average Bonchev–Trinajstić information content (AvgIpc) is 2.77. The fourth-order valence-electron chi connectivity index (χ4n) is 1.80. The van der Waals surface area contributed by atoms with Crippen molar-refractivity contribution in [2.45, 2.75) is 13.3 Å². The van der Waals surface area contributed by atoms with E-state index >= 15 is 0 Å². The van der Waals surface area contributed by atoms with E-state index in [0.717, 1.165) is 24.0 Å². The third kappa shape index (κ3) is 2.77. The summed E-state index contributed by atoms with van der Waals surface area (Å²) in [5, 5.41) is 4.09. The van der Waals surface area contributed by atoms with E-state index in [-0.39, 0.29) is 0 Å². The molecule has 0 amide bonds. The second kappa shape index (κ2) is 5.49. The molecule has 4 nitrogen and oxygen atoms in total. The number of hydrogen-bond donors (Lipinski definition) is 0. The van der Waals surface area contributed by atoms with Gasteiger partial charge in [-0.15, -0.1) is 0 Å². The molecule has 1 heterocycles. The molecule has 2 rings (SSSR count). The van der Waals surface area contributed by atoms with Crippen molar-refractivity contribution in [1.29, 1.82) is 0 Å². The largest absolute Gasteiger partial charge is 0.492 e. The summed E-state index contributed by atoms with van der Waals surface area (Å²) in [5.74, 6) is 0.637. The molecule has 0 aliphatic rings. The van der Waals surface area contributed by atoms with Crippen molar-refractivity contribution in [2.24, 2.45) is 7.05 Å². The average molecular weight is 244 g/mol. The Morgan fingerprint density at radius 3 is 2.89 bits per heavy atom. The van der Waals surface area contributed by atoms with Gasteiger partial charge in [-0.05, 0) is 25.1 Å². The number of carbonyl (C=O) groups excluding carboxylic acids is 1. The van der Waals surface area contributed by atoms with Gasteiger partial charge in [-0.1, -0.05) is 11.6 Å². The number of nitrogens with zero attached hydrogens (tertiary/aromatic N) is 2. The first-order chi connectivity index (χ1) is 8.70. The van der Waals surface area contributed by atoms with Crippen LogP contribution in [0.4, 0.5) is 0 Å². The Morgan fingerprint density at radius 2 is 2.22 bits per heavy atom. The van der Waals surface area contributed by atoms with Crippen LogP contribution in [0.1, 0.15) is 21.6 Å². The Labute approximate surface area is 106 Å². The van der Waals surface area contributed by atoms with Gasteiger partial charge < -0.3 is 4.74 Å². The monoisotopic (exact) mass is 244 g/mol. The highest BCUT2D eigenvalue weighted by molar-refractivity contribution is 5.79. The number of aryl methyl sites for hydroxylation is 2. The van der Waals surface area contributed by atoms with Crippen molar-refractivity contribution in [1.82, 2.24) is 9.78 Å². The van der Waals surface area contributed by atoms with Crippen LogP contribution < -0.4 is 4.74 Å². The summed E-state index contributed by atoms with van der Waals surface area (Å²) in [6, 6.07) is 7.56. The SMILES string of the molecule is Cc1ccc(OCCc2ccnn2C)c(C=O)c1. The first kappa shape index (κ1) is 12.4. The third-order valence-corrected chi connectivity index (χ3v) is 2.83. The van der Waals surface area contributed by atoms with Crippen LogP contribution in [-0.4, -0.2) is 22.7 Å². The summed E-state index contributed by atoms with van der Waals surface area (Å²) in [7, 11) is 1.90. The topological polar surface area (TPSA) is 44.1 Å². The van der Waals surface area contributed by atoms with E-state index in [1.54, 1.807) is 6.20 Å². The zero-order valence-electron chi connectivity index (χ0n) is 10.6. The Morgan fingerprint density at radius 1 is 1.39 bits per heavy atom. The van der Waals surface area contributed by atoms with Crippen molar-refractivity contribution < 1.29 is 9.53 Å². The lowest BCUT2D eigenvalue weighted by Gasteiger charge is -2.09. The van der Waals surface area contributed by atoms with Gasteiger partial charge in [0.1, 0.15) is 5.75 Å². The summed E-state index contributed by atoms with van der Waals surface area (Å²) in [4.78, 5) is 10.9. The molecule has 0 N–H and O–H groups in total. The quantitative estimate of drug-likeness (QED) is 0.757. The van der Waals surface area contributed by atoms with E-state index in [1.807, 2.05) is 42.9 Å². The fraction of sp³-hybridized carbons (Fsp3) is 0.286. The van der Waals surface area contributed by atoms with Gasteiger partial charge in [0.15, 0.2) is 6.29 Å².